The summed E-state index contributed by atoms with van der Waals surface area (Å²) < 4.78 is 10.5. The Morgan fingerprint density at radius 1 is 1.41 bits per heavy atom. The van der Waals surface area contributed by atoms with Crippen LogP contribution in [0.3, 0.4) is 0 Å². The van der Waals surface area contributed by atoms with E-state index in [9.17, 15) is 9.59 Å². The number of carbonyl (C=O) groups excluding carboxylic acids is 1. The molecule has 6 nitrogen and oxygen atoms in total. The zero-order chi connectivity index (χ0) is 16.4. The van der Waals surface area contributed by atoms with Gasteiger partial charge >= 0.3 is 5.97 Å². The molecule has 0 aliphatic carbocycles. The molecular weight excluding hydrogens is 286 g/mol. The molecule has 0 aliphatic rings. The highest BCUT2D eigenvalue weighted by atomic mass is 16.5. The number of amides is 1. The highest BCUT2D eigenvalue weighted by Crippen LogP contribution is 2.17. The quantitative estimate of drug-likeness (QED) is 0.504. The van der Waals surface area contributed by atoms with E-state index in [2.05, 4.69) is 11.9 Å². The first kappa shape index (κ1) is 17.7. The lowest BCUT2D eigenvalue weighted by Gasteiger charge is -2.15. The van der Waals surface area contributed by atoms with Crippen molar-refractivity contribution in [2.75, 3.05) is 19.8 Å². The lowest BCUT2D eigenvalue weighted by atomic mass is 10.1. The Morgan fingerprint density at radius 3 is 2.77 bits per heavy atom. The molecule has 0 fully saturated rings. The van der Waals surface area contributed by atoms with E-state index in [0.29, 0.717) is 5.75 Å². The molecule has 1 atom stereocenters. The second-order valence-corrected chi connectivity index (χ2v) is 4.53. The molecule has 1 aromatic rings. The van der Waals surface area contributed by atoms with Gasteiger partial charge in [0.25, 0.3) is 5.91 Å². The van der Waals surface area contributed by atoms with Crippen LogP contribution in [0.5, 0.6) is 5.75 Å². The van der Waals surface area contributed by atoms with Crippen LogP contribution in [0.2, 0.25) is 0 Å². The van der Waals surface area contributed by atoms with Crippen molar-refractivity contribution in [3.8, 4) is 5.75 Å². The molecule has 1 unspecified atom stereocenters. The summed E-state index contributed by atoms with van der Waals surface area (Å²) in [6.45, 7) is 5.30. The molecule has 1 aromatic carbocycles. The van der Waals surface area contributed by atoms with Crippen LogP contribution in [0.4, 0.5) is 0 Å². The summed E-state index contributed by atoms with van der Waals surface area (Å²) in [5, 5.41) is 11.4. The molecule has 0 radical (unpaired) electrons. The maximum Gasteiger partial charge on any atom is 0.328 e. The molecule has 0 saturated carbocycles. The number of hydrogen-bond acceptors (Lipinski definition) is 4. The molecule has 6 heteroatoms. The van der Waals surface area contributed by atoms with Crippen molar-refractivity contribution < 1.29 is 24.2 Å². The maximum absolute atomic E-state index is 11.8. The number of carbonyl (C=O) groups is 2. The van der Waals surface area contributed by atoms with E-state index in [1.54, 1.807) is 6.07 Å². The first-order chi connectivity index (χ1) is 10.6. The van der Waals surface area contributed by atoms with Crippen LogP contribution >= 0.6 is 0 Å². The third-order valence-electron chi connectivity index (χ3n) is 2.87. The van der Waals surface area contributed by atoms with Gasteiger partial charge in [-0.25, -0.2) is 4.79 Å². The van der Waals surface area contributed by atoms with Crippen molar-refractivity contribution in [2.45, 2.75) is 19.4 Å². The maximum atomic E-state index is 11.8. The Morgan fingerprint density at radius 2 is 2.14 bits per heavy atom. The molecule has 0 bridgehead atoms. The Labute approximate surface area is 129 Å². The Hall–Kier alpha value is -2.34. The highest BCUT2D eigenvalue weighted by Gasteiger charge is 2.20. The van der Waals surface area contributed by atoms with Gasteiger partial charge in [-0.1, -0.05) is 31.2 Å². The molecule has 1 rings (SSSR count). The fourth-order valence-electron chi connectivity index (χ4n) is 1.76. The molecule has 0 aliphatic heterocycles. The van der Waals surface area contributed by atoms with Crippen LogP contribution in [-0.2, 0) is 20.7 Å². The van der Waals surface area contributed by atoms with Crippen molar-refractivity contribution in [3.63, 3.8) is 0 Å². The van der Waals surface area contributed by atoms with E-state index < -0.39 is 17.9 Å². The van der Waals surface area contributed by atoms with Crippen LogP contribution in [0.15, 0.2) is 36.9 Å². The number of carboxylic acids is 1. The summed E-state index contributed by atoms with van der Waals surface area (Å²) in [6.07, 6.45) is 2.29. The number of aryl methyl sites for hydroxylation is 1. The molecule has 0 aromatic heterocycles. The molecule has 1 amide bonds. The summed E-state index contributed by atoms with van der Waals surface area (Å²) in [5.74, 6) is -1.05. The van der Waals surface area contributed by atoms with E-state index >= 15 is 0 Å². The largest absolute Gasteiger partial charge is 0.483 e. The second kappa shape index (κ2) is 9.57. The number of aliphatic carboxylic acids is 1. The van der Waals surface area contributed by atoms with Crippen molar-refractivity contribution in [1.29, 1.82) is 0 Å². The minimum atomic E-state index is -1.16. The van der Waals surface area contributed by atoms with Gasteiger partial charge in [0.05, 0.1) is 13.2 Å². The zero-order valence-electron chi connectivity index (χ0n) is 12.6. The van der Waals surface area contributed by atoms with Gasteiger partial charge < -0.3 is 19.9 Å². The van der Waals surface area contributed by atoms with E-state index in [-0.39, 0.29) is 19.8 Å². The van der Waals surface area contributed by atoms with Gasteiger partial charge in [0.2, 0.25) is 0 Å². The van der Waals surface area contributed by atoms with Gasteiger partial charge in [-0.05, 0) is 18.1 Å². The van der Waals surface area contributed by atoms with Crippen molar-refractivity contribution in [1.82, 2.24) is 5.32 Å². The summed E-state index contributed by atoms with van der Waals surface area (Å²) in [5.41, 5.74) is 0.986. The predicted molar refractivity (Wildman–Crippen MR) is 81.9 cm³/mol. The fraction of sp³-hybridized carbons (Fsp3) is 0.375. The van der Waals surface area contributed by atoms with Crippen LogP contribution in [0, 0.1) is 0 Å². The van der Waals surface area contributed by atoms with E-state index in [4.69, 9.17) is 14.6 Å². The topological polar surface area (TPSA) is 84.9 Å². The smallest absolute Gasteiger partial charge is 0.328 e. The lowest BCUT2D eigenvalue weighted by Crippen LogP contribution is -2.45. The van der Waals surface area contributed by atoms with Gasteiger partial charge in [-0.3, -0.25) is 4.79 Å². The van der Waals surface area contributed by atoms with Gasteiger partial charge in [-0.15, -0.1) is 6.58 Å². The average molecular weight is 307 g/mol. The molecule has 120 valence electrons. The van der Waals surface area contributed by atoms with Crippen molar-refractivity contribution in [2.24, 2.45) is 0 Å². The first-order valence-corrected chi connectivity index (χ1v) is 7.00. The molecule has 2 N–H and O–H groups in total. The van der Waals surface area contributed by atoms with E-state index in [1.165, 1.54) is 6.08 Å². The number of hydrogen-bond donors (Lipinski definition) is 2. The molecule has 0 heterocycles. The minimum absolute atomic E-state index is 0.126. The van der Waals surface area contributed by atoms with Gasteiger partial charge in [0.15, 0.2) is 12.6 Å². The van der Waals surface area contributed by atoms with Crippen LogP contribution in [0.1, 0.15) is 12.5 Å². The Bertz CT molecular complexity index is 515. The van der Waals surface area contributed by atoms with Crippen LogP contribution in [-0.4, -0.2) is 42.8 Å². The Kier molecular flexibility index (Phi) is 7.70. The van der Waals surface area contributed by atoms with E-state index in [0.717, 1.165) is 12.0 Å². The van der Waals surface area contributed by atoms with Gasteiger partial charge in [-0.2, -0.15) is 0 Å². The number of para-hydroxylation sites is 1. The molecular formula is C16H21NO5. The molecule has 22 heavy (non-hydrogen) atoms. The summed E-state index contributed by atoms with van der Waals surface area (Å²) >= 11 is 0. The minimum Gasteiger partial charge on any atom is -0.483 e. The van der Waals surface area contributed by atoms with Crippen LogP contribution in [0.25, 0.3) is 0 Å². The second-order valence-electron chi connectivity index (χ2n) is 4.53. The van der Waals surface area contributed by atoms with Crippen LogP contribution < -0.4 is 10.1 Å². The number of nitrogens with one attached hydrogen (secondary N) is 1. The number of benzene rings is 1. The van der Waals surface area contributed by atoms with Crippen molar-refractivity contribution >= 4 is 11.9 Å². The lowest BCUT2D eigenvalue weighted by molar-refractivity contribution is -0.143. The first-order valence-electron chi connectivity index (χ1n) is 7.00. The predicted octanol–water partition coefficient (Wildman–Crippen LogP) is 1.40. The summed E-state index contributed by atoms with van der Waals surface area (Å²) in [7, 11) is 0. The molecule has 0 spiro atoms. The number of ether oxygens (including phenoxy) is 2. The van der Waals surface area contributed by atoms with Gasteiger partial charge in [0, 0.05) is 0 Å². The fourth-order valence-corrected chi connectivity index (χ4v) is 1.76. The SMILES string of the molecule is C=CCOCC(NC(=O)COc1ccccc1CC)C(=O)O. The molecule has 0 saturated heterocycles. The number of rotatable bonds is 10. The summed E-state index contributed by atoms with van der Waals surface area (Å²) in [4.78, 5) is 22.8. The zero-order valence-corrected chi connectivity index (χ0v) is 12.6. The number of carboxylic acid groups (broad SMARTS) is 1. The Balaban J connectivity index is 2.49. The van der Waals surface area contributed by atoms with Gasteiger partial charge in [0.1, 0.15) is 5.75 Å². The van der Waals surface area contributed by atoms with Crippen molar-refractivity contribution in [3.05, 3.63) is 42.5 Å². The highest BCUT2D eigenvalue weighted by molar-refractivity contribution is 5.84. The third-order valence-corrected chi connectivity index (χ3v) is 2.87. The van der Waals surface area contributed by atoms with E-state index in [1.807, 2.05) is 25.1 Å². The third kappa shape index (κ3) is 5.97. The average Bonchev–Trinajstić information content (AvgIpc) is 2.52. The monoisotopic (exact) mass is 307 g/mol. The standard InChI is InChI=1S/C16H21NO5/c1-3-9-21-10-13(16(19)20)17-15(18)11-22-14-8-6-5-7-12(14)4-2/h3,5-8,13H,1,4,9-11H2,2H3,(H,17,18)(H,19,20). The normalized spacial score (nSPS) is 11.5. The summed E-state index contributed by atoms with van der Waals surface area (Å²) in [6, 6.07) is 6.28.